The van der Waals surface area contributed by atoms with Crippen LogP contribution in [0.15, 0.2) is 41.2 Å². The standard InChI is InChI=1S/C20H21N3O3.ClH/c21-16-11-23(10-15(16)12-5-2-1-3-6-12)20(26)14-9-13-17(22-19(14)25)7-4-8-18(13)24;/h1-3,5-6,9,15-16H,4,7-8,10-11,21H2,(H,22,25);1H/t15-,16+;/m0./s1. The number of hydrogen-bond acceptors (Lipinski definition) is 4. The van der Waals surface area contributed by atoms with Crippen molar-refractivity contribution >= 4 is 24.1 Å². The van der Waals surface area contributed by atoms with Crippen LogP contribution in [0.3, 0.4) is 0 Å². The van der Waals surface area contributed by atoms with E-state index in [0.717, 1.165) is 12.0 Å². The maximum atomic E-state index is 12.9. The van der Waals surface area contributed by atoms with Gasteiger partial charge in [0.05, 0.1) is 0 Å². The number of H-pyrrole nitrogens is 1. The van der Waals surface area contributed by atoms with E-state index in [4.69, 9.17) is 5.73 Å². The van der Waals surface area contributed by atoms with Crippen molar-refractivity contribution in [1.82, 2.24) is 9.88 Å². The predicted octanol–water partition coefficient (Wildman–Crippen LogP) is 1.88. The van der Waals surface area contributed by atoms with Gasteiger partial charge in [0.15, 0.2) is 5.78 Å². The Morgan fingerprint density at radius 1 is 1.11 bits per heavy atom. The third kappa shape index (κ3) is 3.55. The molecular weight excluding hydrogens is 366 g/mol. The van der Waals surface area contributed by atoms with Gasteiger partial charge in [-0.3, -0.25) is 14.4 Å². The average molecular weight is 388 g/mol. The maximum absolute atomic E-state index is 12.9. The monoisotopic (exact) mass is 387 g/mol. The van der Waals surface area contributed by atoms with Crippen LogP contribution in [0.5, 0.6) is 0 Å². The van der Waals surface area contributed by atoms with E-state index in [1.54, 1.807) is 4.90 Å². The summed E-state index contributed by atoms with van der Waals surface area (Å²) in [6.07, 6.45) is 1.85. The first-order chi connectivity index (χ1) is 12.5. The van der Waals surface area contributed by atoms with E-state index in [0.29, 0.717) is 37.2 Å². The highest BCUT2D eigenvalue weighted by molar-refractivity contribution is 6.01. The average Bonchev–Trinajstić information content (AvgIpc) is 3.03. The minimum Gasteiger partial charge on any atom is -0.336 e. The van der Waals surface area contributed by atoms with E-state index < -0.39 is 5.56 Å². The molecule has 1 aliphatic carbocycles. The number of aromatic nitrogens is 1. The Morgan fingerprint density at radius 2 is 1.85 bits per heavy atom. The number of aryl methyl sites for hydroxylation is 1. The molecule has 2 heterocycles. The highest BCUT2D eigenvalue weighted by Gasteiger charge is 2.35. The van der Waals surface area contributed by atoms with Gasteiger partial charge in [0.1, 0.15) is 5.56 Å². The van der Waals surface area contributed by atoms with E-state index in [1.165, 1.54) is 6.07 Å². The number of Topliss-reactive ketones (excluding diaryl/α,β-unsaturated/α-hetero) is 1. The molecule has 1 aliphatic heterocycles. The van der Waals surface area contributed by atoms with E-state index in [9.17, 15) is 14.4 Å². The number of nitrogens with zero attached hydrogens (tertiary/aromatic N) is 1. The highest BCUT2D eigenvalue weighted by Crippen LogP contribution is 2.27. The van der Waals surface area contributed by atoms with Crippen LogP contribution in [0.1, 0.15) is 50.7 Å². The van der Waals surface area contributed by atoms with E-state index in [1.807, 2.05) is 30.3 Å². The summed E-state index contributed by atoms with van der Waals surface area (Å²) in [6.45, 7) is 0.858. The normalized spacial score (nSPS) is 21.5. The Bertz CT molecular complexity index is 926. The second-order valence-electron chi connectivity index (χ2n) is 7.07. The Morgan fingerprint density at radius 3 is 2.59 bits per heavy atom. The summed E-state index contributed by atoms with van der Waals surface area (Å²) < 4.78 is 0. The van der Waals surface area contributed by atoms with Gasteiger partial charge in [-0.05, 0) is 24.5 Å². The van der Waals surface area contributed by atoms with Gasteiger partial charge in [-0.25, -0.2) is 0 Å². The Hall–Kier alpha value is -2.44. The molecule has 2 aliphatic rings. The molecule has 1 fully saturated rings. The van der Waals surface area contributed by atoms with Crippen molar-refractivity contribution in [2.45, 2.75) is 31.2 Å². The van der Waals surface area contributed by atoms with Gasteiger partial charge in [0.25, 0.3) is 11.5 Å². The molecule has 6 nitrogen and oxygen atoms in total. The molecule has 1 aromatic heterocycles. The van der Waals surface area contributed by atoms with Crippen LogP contribution < -0.4 is 11.3 Å². The van der Waals surface area contributed by atoms with Gasteiger partial charge in [-0.2, -0.15) is 0 Å². The summed E-state index contributed by atoms with van der Waals surface area (Å²) in [5.74, 6) is -0.336. The minimum absolute atomic E-state index is 0. The van der Waals surface area contributed by atoms with Crippen molar-refractivity contribution in [2.75, 3.05) is 13.1 Å². The molecule has 0 radical (unpaired) electrons. The second-order valence-corrected chi connectivity index (χ2v) is 7.07. The van der Waals surface area contributed by atoms with Crippen LogP contribution in [0, 0.1) is 0 Å². The molecule has 1 aromatic carbocycles. The zero-order valence-corrected chi connectivity index (χ0v) is 15.6. The second kappa shape index (κ2) is 7.66. The highest BCUT2D eigenvalue weighted by atomic mass is 35.5. The van der Waals surface area contributed by atoms with Gasteiger partial charge in [0, 0.05) is 42.7 Å². The number of rotatable bonds is 2. The van der Waals surface area contributed by atoms with Gasteiger partial charge in [-0.15, -0.1) is 12.4 Å². The van der Waals surface area contributed by atoms with Gasteiger partial charge in [0.2, 0.25) is 0 Å². The lowest BCUT2D eigenvalue weighted by Crippen LogP contribution is -2.36. The molecule has 1 amide bonds. The van der Waals surface area contributed by atoms with Gasteiger partial charge in [-0.1, -0.05) is 30.3 Å². The molecule has 3 N–H and O–H groups in total. The number of benzene rings is 1. The largest absolute Gasteiger partial charge is 0.336 e. The van der Waals surface area contributed by atoms with Gasteiger partial charge >= 0.3 is 0 Å². The van der Waals surface area contributed by atoms with Crippen LogP contribution in [0.4, 0.5) is 0 Å². The Kier molecular flexibility index (Phi) is 5.48. The molecule has 0 spiro atoms. The first-order valence-corrected chi connectivity index (χ1v) is 8.94. The topological polar surface area (TPSA) is 96.3 Å². The van der Waals surface area contributed by atoms with Crippen LogP contribution in [0.2, 0.25) is 0 Å². The number of likely N-dealkylation sites (tertiary alicyclic amines) is 1. The third-order valence-electron chi connectivity index (χ3n) is 5.36. The molecule has 0 bridgehead atoms. The Balaban J connectivity index is 0.00000210. The van der Waals surface area contributed by atoms with E-state index in [-0.39, 0.29) is 41.6 Å². The van der Waals surface area contributed by atoms with Gasteiger partial charge < -0.3 is 15.6 Å². The lowest BCUT2D eigenvalue weighted by Gasteiger charge is -2.19. The molecular formula is C20H22ClN3O3. The van der Waals surface area contributed by atoms with Crippen molar-refractivity contribution < 1.29 is 9.59 Å². The van der Waals surface area contributed by atoms with Crippen molar-refractivity contribution in [3.05, 3.63) is 69.1 Å². The van der Waals surface area contributed by atoms with Crippen molar-refractivity contribution in [2.24, 2.45) is 5.73 Å². The van der Waals surface area contributed by atoms with Crippen molar-refractivity contribution in [3.8, 4) is 0 Å². The molecule has 142 valence electrons. The third-order valence-corrected chi connectivity index (χ3v) is 5.36. The number of carbonyl (C=O) groups is 2. The van der Waals surface area contributed by atoms with E-state index in [2.05, 4.69) is 4.98 Å². The predicted molar refractivity (Wildman–Crippen MR) is 105 cm³/mol. The molecule has 4 rings (SSSR count). The smallest absolute Gasteiger partial charge is 0.261 e. The molecule has 7 heteroatoms. The fraction of sp³-hybridized carbons (Fsp3) is 0.350. The number of pyridine rings is 1. The lowest BCUT2D eigenvalue weighted by molar-refractivity contribution is 0.0787. The van der Waals surface area contributed by atoms with E-state index >= 15 is 0 Å². The molecule has 1 saturated heterocycles. The van der Waals surface area contributed by atoms with Crippen molar-refractivity contribution in [3.63, 3.8) is 0 Å². The number of ketones is 1. The Labute approximate surface area is 163 Å². The fourth-order valence-corrected chi connectivity index (χ4v) is 3.95. The van der Waals surface area contributed by atoms with Crippen LogP contribution in [-0.2, 0) is 6.42 Å². The fourth-order valence-electron chi connectivity index (χ4n) is 3.95. The molecule has 2 aromatic rings. The number of aromatic amines is 1. The summed E-state index contributed by atoms with van der Waals surface area (Å²) in [6, 6.07) is 11.1. The minimum atomic E-state index is -0.430. The lowest BCUT2D eigenvalue weighted by atomic mass is 9.93. The van der Waals surface area contributed by atoms with Crippen LogP contribution in [0.25, 0.3) is 0 Å². The molecule has 2 atom stereocenters. The molecule has 0 saturated carbocycles. The summed E-state index contributed by atoms with van der Waals surface area (Å²) >= 11 is 0. The number of nitrogens with two attached hydrogens (primary N) is 1. The summed E-state index contributed by atoms with van der Waals surface area (Å²) in [5.41, 5.74) is 8.06. The van der Waals surface area contributed by atoms with Crippen LogP contribution in [-0.4, -0.2) is 40.7 Å². The summed E-state index contributed by atoms with van der Waals surface area (Å²) in [5, 5.41) is 0. The first-order valence-electron chi connectivity index (χ1n) is 8.94. The number of carbonyl (C=O) groups excluding carboxylic acids is 2. The molecule has 27 heavy (non-hydrogen) atoms. The SMILES string of the molecule is Cl.N[C@@H]1CN(C(=O)c2cc3c([nH]c2=O)CCCC3=O)C[C@H]1c1ccccc1. The summed E-state index contributed by atoms with van der Waals surface area (Å²) in [4.78, 5) is 41.8. The van der Waals surface area contributed by atoms with Crippen LogP contribution >= 0.6 is 12.4 Å². The summed E-state index contributed by atoms with van der Waals surface area (Å²) in [7, 11) is 0. The number of hydrogen-bond donors (Lipinski definition) is 2. The van der Waals surface area contributed by atoms with Crippen molar-refractivity contribution in [1.29, 1.82) is 0 Å². The quantitative estimate of drug-likeness (QED) is 0.822. The number of halogens is 1. The zero-order chi connectivity index (χ0) is 18.3. The number of amides is 1. The zero-order valence-electron chi connectivity index (χ0n) is 14.8. The molecule has 0 unspecified atom stereocenters. The number of fused-ring (bicyclic) bond motifs is 1. The maximum Gasteiger partial charge on any atom is 0.261 e. The number of nitrogens with one attached hydrogen (secondary N) is 1. The first kappa shape index (κ1) is 19.3.